The number of ether oxygens (including phenoxy) is 1. The lowest BCUT2D eigenvalue weighted by Crippen LogP contribution is -2.00. The summed E-state index contributed by atoms with van der Waals surface area (Å²) >= 11 is 0. The van der Waals surface area contributed by atoms with Gasteiger partial charge in [-0.05, 0) is 36.4 Å². The molecule has 6 heteroatoms. The van der Waals surface area contributed by atoms with E-state index in [4.69, 9.17) is 4.74 Å². The van der Waals surface area contributed by atoms with Crippen LogP contribution < -0.4 is 4.74 Å². The molecule has 0 spiro atoms. The van der Waals surface area contributed by atoms with Crippen molar-refractivity contribution >= 4 is 29.0 Å². The highest BCUT2D eigenvalue weighted by Gasteiger charge is 2.17. The molecule has 0 atom stereocenters. The molecule has 110 valence electrons. The summed E-state index contributed by atoms with van der Waals surface area (Å²) in [5.41, 5.74) is 2.19. The van der Waals surface area contributed by atoms with Crippen molar-refractivity contribution in [1.82, 2.24) is 15.2 Å². The van der Waals surface area contributed by atoms with E-state index < -0.39 is 5.97 Å². The molecule has 0 bridgehead atoms. The fraction of sp³-hybridized carbons (Fsp3) is 0.0625. The number of nitrogens with zero attached hydrogens (tertiary/aromatic N) is 2. The molecule has 3 rings (SSSR count). The first-order valence-corrected chi connectivity index (χ1v) is 6.58. The zero-order chi connectivity index (χ0) is 15.5. The summed E-state index contributed by atoms with van der Waals surface area (Å²) in [6.45, 7) is 0. The number of pyridine rings is 1. The topological polar surface area (TPSA) is 88.1 Å². The van der Waals surface area contributed by atoms with Gasteiger partial charge in [-0.2, -0.15) is 5.10 Å². The van der Waals surface area contributed by atoms with Gasteiger partial charge in [0, 0.05) is 6.20 Å². The number of aromatic nitrogens is 3. The van der Waals surface area contributed by atoms with Crippen LogP contribution in [0.2, 0.25) is 0 Å². The summed E-state index contributed by atoms with van der Waals surface area (Å²) in [5.74, 6) is -0.751. The molecular weight excluding hydrogens is 282 g/mol. The lowest BCUT2D eigenvalue weighted by atomic mass is 10.1. The van der Waals surface area contributed by atoms with Gasteiger partial charge in [-0.25, -0.2) is 4.79 Å². The normalized spacial score (nSPS) is 11.1. The first-order valence-electron chi connectivity index (χ1n) is 6.58. The van der Waals surface area contributed by atoms with Gasteiger partial charge in [0.1, 0.15) is 11.3 Å². The Hall–Kier alpha value is -3.15. The average Bonchev–Trinajstić information content (AvgIpc) is 2.96. The van der Waals surface area contributed by atoms with E-state index in [1.54, 1.807) is 18.3 Å². The van der Waals surface area contributed by atoms with Crippen LogP contribution in [0.25, 0.3) is 23.1 Å². The Bertz CT molecular complexity index is 854. The fourth-order valence-electron chi connectivity index (χ4n) is 2.25. The molecule has 0 unspecified atom stereocenters. The molecule has 2 N–H and O–H groups in total. The number of methoxy groups -OCH3 is 1. The molecule has 3 aromatic rings. The van der Waals surface area contributed by atoms with Gasteiger partial charge in [0.2, 0.25) is 0 Å². The monoisotopic (exact) mass is 295 g/mol. The quantitative estimate of drug-likeness (QED) is 0.772. The van der Waals surface area contributed by atoms with E-state index in [0.717, 1.165) is 5.69 Å². The maximum atomic E-state index is 11.3. The first kappa shape index (κ1) is 13.8. The van der Waals surface area contributed by atoms with Gasteiger partial charge in [-0.3, -0.25) is 10.1 Å². The van der Waals surface area contributed by atoms with Crippen molar-refractivity contribution in [2.45, 2.75) is 0 Å². The van der Waals surface area contributed by atoms with E-state index >= 15 is 0 Å². The van der Waals surface area contributed by atoms with Crippen LogP contribution in [0.1, 0.15) is 21.7 Å². The van der Waals surface area contributed by atoms with Crippen molar-refractivity contribution in [3.8, 4) is 5.75 Å². The van der Waals surface area contributed by atoms with E-state index in [0.29, 0.717) is 22.3 Å². The zero-order valence-electron chi connectivity index (χ0n) is 11.8. The summed E-state index contributed by atoms with van der Waals surface area (Å²) in [6.07, 6.45) is 5.28. The molecule has 1 aromatic carbocycles. The number of hydrogen-bond acceptors (Lipinski definition) is 4. The number of carbonyl (C=O) groups is 1. The molecule has 0 aliphatic carbocycles. The number of carboxylic acids is 1. The predicted octanol–water partition coefficient (Wildman–Crippen LogP) is 2.84. The van der Waals surface area contributed by atoms with Crippen molar-refractivity contribution in [3.63, 3.8) is 0 Å². The number of benzene rings is 1. The summed E-state index contributed by atoms with van der Waals surface area (Å²) in [4.78, 5) is 15.5. The molecule has 22 heavy (non-hydrogen) atoms. The van der Waals surface area contributed by atoms with Crippen LogP contribution in [0, 0.1) is 0 Å². The van der Waals surface area contributed by atoms with Crippen LogP contribution in [0.15, 0.2) is 36.5 Å². The highest BCUT2D eigenvalue weighted by molar-refractivity contribution is 6.02. The standard InChI is InChI=1S/C16H13N3O3/c1-22-15-11(16(20)21)6-8-13-14(15)12(18-19-13)7-5-10-4-2-3-9-17-10/h2-9H,1H3,(H,18,19)(H,20,21)/b7-5+. The average molecular weight is 295 g/mol. The SMILES string of the molecule is COc1c(C(=O)O)ccc2[nH]nc(/C=C/c3ccccn3)c12. The van der Waals surface area contributed by atoms with Crippen LogP contribution in [0.3, 0.4) is 0 Å². The van der Waals surface area contributed by atoms with Gasteiger partial charge in [-0.15, -0.1) is 0 Å². The van der Waals surface area contributed by atoms with Gasteiger partial charge in [-0.1, -0.05) is 6.07 Å². The number of fused-ring (bicyclic) bond motifs is 1. The number of aromatic amines is 1. The molecule has 0 aliphatic rings. The van der Waals surface area contributed by atoms with Gasteiger partial charge in [0.25, 0.3) is 0 Å². The maximum absolute atomic E-state index is 11.3. The van der Waals surface area contributed by atoms with Crippen LogP contribution in [-0.4, -0.2) is 33.4 Å². The maximum Gasteiger partial charge on any atom is 0.339 e. The van der Waals surface area contributed by atoms with E-state index in [-0.39, 0.29) is 5.56 Å². The van der Waals surface area contributed by atoms with Gasteiger partial charge in [0.05, 0.1) is 29.4 Å². The third-order valence-corrected chi connectivity index (χ3v) is 3.24. The minimum atomic E-state index is -1.04. The molecule has 2 aromatic heterocycles. The molecule has 0 radical (unpaired) electrons. The van der Waals surface area contributed by atoms with Gasteiger partial charge in [0.15, 0.2) is 0 Å². The van der Waals surface area contributed by atoms with Crippen molar-refractivity contribution in [3.05, 3.63) is 53.5 Å². The summed E-state index contributed by atoms with van der Waals surface area (Å²) in [6, 6.07) is 8.76. The second kappa shape index (κ2) is 5.69. The minimum absolute atomic E-state index is 0.101. The lowest BCUT2D eigenvalue weighted by molar-refractivity contribution is 0.0693. The first-order chi connectivity index (χ1) is 10.7. The number of aromatic carboxylic acids is 1. The molecule has 0 saturated heterocycles. The molecule has 2 heterocycles. The Kier molecular flexibility index (Phi) is 3.57. The largest absolute Gasteiger partial charge is 0.495 e. The second-order valence-electron chi connectivity index (χ2n) is 4.57. The van der Waals surface area contributed by atoms with Crippen LogP contribution in [0.4, 0.5) is 0 Å². The number of carboxylic acid groups (broad SMARTS) is 1. The number of rotatable bonds is 4. The van der Waals surface area contributed by atoms with Gasteiger partial charge < -0.3 is 9.84 Å². The van der Waals surface area contributed by atoms with Crippen molar-refractivity contribution in [2.75, 3.05) is 7.11 Å². The minimum Gasteiger partial charge on any atom is -0.495 e. The zero-order valence-corrected chi connectivity index (χ0v) is 11.8. The molecular formula is C16H13N3O3. The number of nitrogens with one attached hydrogen (secondary N) is 1. The third-order valence-electron chi connectivity index (χ3n) is 3.24. The molecule has 0 amide bonds. The Morgan fingerprint density at radius 1 is 1.27 bits per heavy atom. The van der Waals surface area contributed by atoms with Crippen molar-refractivity contribution in [1.29, 1.82) is 0 Å². The summed E-state index contributed by atoms with van der Waals surface area (Å²) in [5, 5.41) is 17.0. The molecule has 0 fully saturated rings. The Balaban J connectivity index is 2.12. The highest BCUT2D eigenvalue weighted by Crippen LogP contribution is 2.32. The molecule has 0 aliphatic heterocycles. The van der Waals surface area contributed by atoms with Crippen molar-refractivity contribution in [2.24, 2.45) is 0 Å². The summed E-state index contributed by atoms with van der Waals surface area (Å²) in [7, 11) is 1.44. The van der Waals surface area contributed by atoms with Crippen molar-refractivity contribution < 1.29 is 14.6 Å². The predicted molar refractivity (Wildman–Crippen MR) is 82.8 cm³/mol. The van der Waals surface area contributed by atoms with Crippen LogP contribution >= 0.6 is 0 Å². The Morgan fingerprint density at radius 2 is 2.14 bits per heavy atom. The lowest BCUT2D eigenvalue weighted by Gasteiger charge is -2.06. The Labute approximate surface area is 126 Å². The fourth-order valence-corrected chi connectivity index (χ4v) is 2.25. The second-order valence-corrected chi connectivity index (χ2v) is 4.57. The number of H-pyrrole nitrogens is 1. The van der Waals surface area contributed by atoms with Crippen LogP contribution in [0.5, 0.6) is 5.75 Å². The highest BCUT2D eigenvalue weighted by atomic mass is 16.5. The van der Waals surface area contributed by atoms with Crippen LogP contribution in [-0.2, 0) is 0 Å². The van der Waals surface area contributed by atoms with E-state index in [1.807, 2.05) is 24.3 Å². The van der Waals surface area contributed by atoms with E-state index in [1.165, 1.54) is 13.2 Å². The smallest absolute Gasteiger partial charge is 0.339 e. The Morgan fingerprint density at radius 3 is 2.82 bits per heavy atom. The molecule has 0 saturated carbocycles. The number of hydrogen-bond donors (Lipinski definition) is 2. The third kappa shape index (κ3) is 2.42. The van der Waals surface area contributed by atoms with E-state index in [2.05, 4.69) is 15.2 Å². The molecule has 6 nitrogen and oxygen atoms in total. The summed E-state index contributed by atoms with van der Waals surface area (Å²) < 4.78 is 5.28. The van der Waals surface area contributed by atoms with Gasteiger partial charge >= 0.3 is 5.97 Å². The van der Waals surface area contributed by atoms with E-state index in [9.17, 15) is 9.90 Å².